The molecule has 0 aromatic carbocycles. The molecule has 0 aromatic heterocycles. The fourth-order valence-corrected chi connectivity index (χ4v) is 4.06. The molecule has 3 rings (SSSR count). The minimum Gasteiger partial charge on any atom is -0.312 e. The van der Waals surface area contributed by atoms with Gasteiger partial charge in [0.25, 0.3) is 0 Å². The van der Waals surface area contributed by atoms with Crippen LogP contribution in [0.2, 0.25) is 0 Å². The largest absolute Gasteiger partial charge is 0.312 e. The molecule has 0 spiro atoms. The zero-order valence-electron chi connectivity index (χ0n) is 12.7. The van der Waals surface area contributed by atoms with Crippen molar-refractivity contribution in [2.45, 2.75) is 51.0 Å². The second kappa shape index (κ2) is 7.80. The molecule has 4 nitrogen and oxygen atoms in total. The third kappa shape index (κ3) is 3.66. The van der Waals surface area contributed by atoms with Gasteiger partial charge in [0.2, 0.25) is 11.8 Å². The van der Waals surface area contributed by atoms with Crippen LogP contribution < -0.4 is 5.32 Å². The lowest BCUT2D eigenvalue weighted by atomic mass is 9.85. The zero-order valence-corrected chi connectivity index (χ0v) is 14.3. The van der Waals surface area contributed by atoms with Crippen LogP contribution in [0.4, 0.5) is 0 Å². The van der Waals surface area contributed by atoms with Crippen molar-refractivity contribution in [3.63, 3.8) is 0 Å². The Balaban J connectivity index is 0.00000176. The standard InChI is InChI=1S/C16H23ClN2O2.ClH/c17-11-6-7-13-14(10-11)16(21)19(15(13)20)9-8-18-12-4-2-1-3-5-12;/h6,12-14,18H,1-5,7-10H2;1H. The fourth-order valence-electron chi connectivity index (χ4n) is 3.80. The Bertz CT molecular complexity index is 461. The predicted molar refractivity (Wildman–Crippen MR) is 89.0 cm³/mol. The molecule has 3 aliphatic rings. The van der Waals surface area contributed by atoms with E-state index in [-0.39, 0.29) is 36.1 Å². The summed E-state index contributed by atoms with van der Waals surface area (Å²) in [5, 5.41) is 4.22. The molecule has 2 unspecified atom stereocenters. The van der Waals surface area contributed by atoms with E-state index in [2.05, 4.69) is 5.32 Å². The van der Waals surface area contributed by atoms with Gasteiger partial charge in [0.05, 0.1) is 11.8 Å². The molecular weight excluding hydrogens is 323 g/mol. The number of fused-ring (bicyclic) bond motifs is 1. The van der Waals surface area contributed by atoms with E-state index in [0.717, 1.165) is 5.03 Å². The van der Waals surface area contributed by atoms with Crippen LogP contribution in [0, 0.1) is 11.8 Å². The zero-order chi connectivity index (χ0) is 14.8. The minimum absolute atomic E-state index is 0. The van der Waals surface area contributed by atoms with Gasteiger partial charge in [-0.25, -0.2) is 0 Å². The normalized spacial score (nSPS) is 29.1. The number of likely N-dealkylation sites (tertiary alicyclic amines) is 1. The first-order valence-corrected chi connectivity index (χ1v) is 8.48. The van der Waals surface area contributed by atoms with Gasteiger partial charge in [-0.2, -0.15) is 0 Å². The summed E-state index contributed by atoms with van der Waals surface area (Å²) < 4.78 is 0. The summed E-state index contributed by atoms with van der Waals surface area (Å²) >= 11 is 6.02. The van der Waals surface area contributed by atoms with Crippen molar-refractivity contribution in [3.8, 4) is 0 Å². The van der Waals surface area contributed by atoms with E-state index in [1.54, 1.807) is 0 Å². The van der Waals surface area contributed by atoms with E-state index in [4.69, 9.17) is 11.6 Å². The van der Waals surface area contributed by atoms with Crippen LogP contribution in [0.3, 0.4) is 0 Å². The average molecular weight is 347 g/mol. The molecule has 1 saturated heterocycles. The quantitative estimate of drug-likeness (QED) is 0.796. The SMILES string of the molecule is Cl.O=C1C2CC=C(Cl)CC2C(=O)N1CCNC1CCCCC1. The average Bonchev–Trinajstić information content (AvgIpc) is 2.73. The van der Waals surface area contributed by atoms with Crippen molar-refractivity contribution in [3.05, 3.63) is 11.1 Å². The van der Waals surface area contributed by atoms with Gasteiger partial charge in [-0.3, -0.25) is 14.5 Å². The maximum atomic E-state index is 12.4. The van der Waals surface area contributed by atoms with E-state index >= 15 is 0 Å². The van der Waals surface area contributed by atoms with Gasteiger partial charge in [-0.05, 0) is 25.7 Å². The van der Waals surface area contributed by atoms with Crippen LogP contribution in [-0.2, 0) is 9.59 Å². The number of carbonyl (C=O) groups is 2. The van der Waals surface area contributed by atoms with Crippen LogP contribution in [0.5, 0.6) is 0 Å². The number of hydrogen-bond donors (Lipinski definition) is 1. The highest BCUT2D eigenvalue weighted by Gasteiger charge is 2.47. The Kier molecular flexibility index (Phi) is 6.30. The van der Waals surface area contributed by atoms with Gasteiger partial charge >= 0.3 is 0 Å². The van der Waals surface area contributed by atoms with Gasteiger partial charge in [0.15, 0.2) is 0 Å². The molecule has 0 radical (unpaired) electrons. The Labute approximate surface area is 143 Å². The van der Waals surface area contributed by atoms with Crippen molar-refractivity contribution in [2.24, 2.45) is 11.8 Å². The Morgan fingerprint density at radius 1 is 1.14 bits per heavy atom. The third-order valence-electron chi connectivity index (χ3n) is 5.03. The molecule has 2 aliphatic carbocycles. The van der Waals surface area contributed by atoms with Crippen LogP contribution in [-0.4, -0.2) is 35.8 Å². The summed E-state index contributed by atoms with van der Waals surface area (Å²) in [7, 11) is 0. The maximum Gasteiger partial charge on any atom is 0.233 e. The smallest absolute Gasteiger partial charge is 0.233 e. The summed E-state index contributed by atoms with van der Waals surface area (Å²) in [5.41, 5.74) is 0. The number of carbonyl (C=O) groups excluding carboxylic acids is 2. The second-order valence-electron chi connectivity index (χ2n) is 6.42. The lowest BCUT2D eigenvalue weighted by Crippen LogP contribution is -2.40. The molecule has 1 N–H and O–H groups in total. The first kappa shape index (κ1) is 17.8. The lowest BCUT2D eigenvalue weighted by Gasteiger charge is -2.24. The number of allylic oxidation sites excluding steroid dienone is 2. The number of imide groups is 1. The molecule has 0 bridgehead atoms. The van der Waals surface area contributed by atoms with Crippen molar-refractivity contribution in [2.75, 3.05) is 13.1 Å². The number of rotatable bonds is 4. The highest BCUT2D eigenvalue weighted by molar-refractivity contribution is 6.30. The summed E-state index contributed by atoms with van der Waals surface area (Å²) in [6, 6.07) is 0.560. The molecule has 1 heterocycles. The molecular formula is C16H24Cl2N2O2. The summed E-state index contributed by atoms with van der Waals surface area (Å²) in [5.74, 6) is -0.420. The second-order valence-corrected chi connectivity index (χ2v) is 6.91. The number of nitrogens with zero attached hydrogens (tertiary/aromatic N) is 1. The summed E-state index contributed by atoms with van der Waals surface area (Å²) in [6.45, 7) is 1.21. The number of nitrogens with one attached hydrogen (secondary N) is 1. The minimum atomic E-state index is -0.218. The van der Waals surface area contributed by atoms with Crippen molar-refractivity contribution >= 4 is 35.8 Å². The van der Waals surface area contributed by atoms with Gasteiger partial charge in [0, 0.05) is 24.2 Å². The monoisotopic (exact) mass is 346 g/mol. The molecule has 2 atom stereocenters. The highest BCUT2D eigenvalue weighted by atomic mass is 35.5. The number of halogens is 2. The Morgan fingerprint density at radius 2 is 1.82 bits per heavy atom. The molecule has 124 valence electrons. The van der Waals surface area contributed by atoms with Gasteiger partial charge in [-0.1, -0.05) is 36.9 Å². The molecule has 6 heteroatoms. The van der Waals surface area contributed by atoms with Crippen LogP contribution in [0.15, 0.2) is 11.1 Å². The van der Waals surface area contributed by atoms with Crippen molar-refractivity contribution in [1.29, 1.82) is 0 Å². The topological polar surface area (TPSA) is 49.4 Å². The van der Waals surface area contributed by atoms with E-state index in [1.807, 2.05) is 6.08 Å². The van der Waals surface area contributed by atoms with Crippen molar-refractivity contribution < 1.29 is 9.59 Å². The van der Waals surface area contributed by atoms with E-state index in [0.29, 0.717) is 32.0 Å². The summed E-state index contributed by atoms with van der Waals surface area (Å²) in [6.07, 6.45) is 9.36. The molecule has 22 heavy (non-hydrogen) atoms. The van der Waals surface area contributed by atoms with Crippen molar-refractivity contribution in [1.82, 2.24) is 10.2 Å². The Hall–Kier alpha value is -0.580. The van der Waals surface area contributed by atoms with E-state index < -0.39 is 0 Å². The van der Waals surface area contributed by atoms with Crippen LogP contribution >= 0.6 is 24.0 Å². The predicted octanol–water partition coefficient (Wildman–Crippen LogP) is 2.85. The molecule has 2 amide bonds. The number of amides is 2. The van der Waals surface area contributed by atoms with Crippen LogP contribution in [0.25, 0.3) is 0 Å². The van der Waals surface area contributed by atoms with Gasteiger partial charge in [0.1, 0.15) is 0 Å². The molecule has 1 aliphatic heterocycles. The third-order valence-corrected chi connectivity index (χ3v) is 5.34. The van der Waals surface area contributed by atoms with Gasteiger partial charge < -0.3 is 5.32 Å². The Morgan fingerprint density at radius 3 is 2.55 bits per heavy atom. The lowest BCUT2D eigenvalue weighted by molar-refractivity contribution is -0.139. The van der Waals surface area contributed by atoms with Gasteiger partial charge in [-0.15, -0.1) is 12.4 Å². The highest BCUT2D eigenvalue weighted by Crippen LogP contribution is 2.38. The van der Waals surface area contributed by atoms with Crippen LogP contribution in [0.1, 0.15) is 44.9 Å². The first-order valence-electron chi connectivity index (χ1n) is 8.10. The first-order chi connectivity index (χ1) is 10.2. The molecule has 1 saturated carbocycles. The summed E-state index contributed by atoms with van der Waals surface area (Å²) in [4.78, 5) is 26.2. The maximum absolute atomic E-state index is 12.4. The molecule has 0 aromatic rings. The molecule has 2 fully saturated rings. The number of hydrogen-bond acceptors (Lipinski definition) is 3. The van der Waals surface area contributed by atoms with E-state index in [1.165, 1.54) is 37.0 Å². The van der Waals surface area contributed by atoms with E-state index in [9.17, 15) is 9.59 Å². The fraction of sp³-hybridized carbons (Fsp3) is 0.750.